The summed E-state index contributed by atoms with van der Waals surface area (Å²) in [6, 6.07) is 21.8. The third-order valence-corrected chi connectivity index (χ3v) is 4.05. The van der Waals surface area contributed by atoms with Crippen molar-refractivity contribution in [3.63, 3.8) is 0 Å². The van der Waals surface area contributed by atoms with E-state index in [1.54, 1.807) is 0 Å². The zero-order valence-electron chi connectivity index (χ0n) is 12.5. The van der Waals surface area contributed by atoms with Crippen molar-refractivity contribution in [2.75, 3.05) is 6.61 Å². The monoisotopic (exact) mass is 365 g/mol. The molecular weight excluding hydrogens is 350 g/mol. The zero-order chi connectivity index (χ0) is 16.1. The largest absolute Gasteiger partial charge is 0.481 e. The van der Waals surface area contributed by atoms with Crippen LogP contribution in [0.1, 0.15) is 11.6 Å². The minimum Gasteiger partial charge on any atom is -0.481 e. The van der Waals surface area contributed by atoms with Crippen LogP contribution in [0.4, 0.5) is 0 Å². The van der Waals surface area contributed by atoms with Crippen LogP contribution in [0.5, 0.6) is 5.75 Å². The topological polar surface area (TPSA) is 35.2 Å². The van der Waals surface area contributed by atoms with Crippen molar-refractivity contribution in [1.82, 2.24) is 0 Å². The van der Waals surface area contributed by atoms with Crippen LogP contribution < -0.4 is 10.5 Å². The fraction of sp³-hybridized carbons (Fsp3) is 0.100. The molecule has 0 saturated heterocycles. The molecule has 0 aliphatic carbocycles. The van der Waals surface area contributed by atoms with Crippen LogP contribution in [0.2, 0.25) is 0 Å². The summed E-state index contributed by atoms with van der Waals surface area (Å²) in [5.74, 6) is 6.81. The summed E-state index contributed by atoms with van der Waals surface area (Å²) in [6.45, 7) is 0.322. The average molecular weight is 366 g/mol. The molecule has 0 aliphatic heterocycles. The molecular formula is C20H16BrNO. The summed E-state index contributed by atoms with van der Waals surface area (Å²) in [7, 11) is 0. The molecule has 0 bridgehead atoms. The summed E-state index contributed by atoms with van der Waals surface area (Å²) in [5, 5.41) is 2.35. The van der Waals surface area contributed by atoms with Gasteiger partial charge in [-0.05, 0) is 40.6 Å². The molecule has 2 N–H and O–H groups in total. The molecule has 3 aromatic carbocycles. The van der Waals surface area contributed by atoms with Gasteiger partial charge in [-0.1, -0.05) is 70.2 Å². The Balaban J connectivity index is 1.61. The van der Waals surface area contributed by atoms with Crippen LogP contribution in [0.25, 0.3) is 10.8 Å². The van der Waals surface area contributed by atoms with E-state index in [2.05, 4.69) is 39.9 Å². The van der Waals surface area contributed by atoms with Gasteiger partial charge < -0.3 is 10.5 Å². The molecule has 3 rings (SSSR count). The van der Waals surface area contributed by atoms with Crippen molar-refractivity contribution in [3.05, 3.63) is 76.8 Å². The van der Waals surface area contributed by atoms with Gasteiger partial charge in [-0.15, -0.1) is 0 Å². The maximum atomic E-state index is 6.05. The van der Waals surface area contributed by atoms with Crippen LogP contribution in [-0.2, 0) is 0 Å². The van der Waals surface area contributed by atoms with Crippen LogP contribution in [0.15, 0.2) is 71.2 Å². The predicted octanol–water partition coefficient (Wildman–Crippen LogP) is 4.68. The Morgan fingerprint density at radius 2 is 1.70 bits per heavy atom. The molecule has 1 atom stereocenters. The molecule has 0 fully saturated rings. The molecule has 0 saturated carbocycles. The fourth-order valence-electron chi connectivity index (χ4n) is 2.28. The Morgan fingerprint density at radius 1 is 0.957 bits per heavy atom. The van der Waals surface area contributed by atoms with E-state index in [9.17, 15) is 0 Å². The maximum Gasteiger partial charge on any atom is 0.149 e. The Kier molecular flexibility index (Phi) is 4.97. The second-order valence-corrected chi connectivity index (χ2v) is 6.06. The lowest BCUT2D eigenvalue weighted by atomic mass is 10.1. The van der Waals surface area contributed by atoms with Gasteiger partial charge in [0.25, 0.3) is 0 Å². The first-order valence-corrected chi connectivity index (χ1v) is 8.13. The molecule has 2 nitrogen and oxygen atoms in total. The Morgan fingerprint density at radius 3 is 2.48 bits per heavy atom. The van der Waals surface area contributed by atoms with Gasteiger partial charge in [0.15, 0.2) is 0 Å². The minimum absolute atomic E-state index is 0.302. The standard InChI is InChI=1S/C20H16BrNO/c21-18-10-7-16(8-11-18)20(22)6-3-13-23-19-12-9-15-4-1-2-5-17(15)14-19/h1-2,4-5,7-12,14,20H,13,22H2. The van der Waals surface area contributed by atoms with E-state index >= 15 is 0 Å². The summed E-state index contributed by atoms with van der Waals surface area (Å²) < 4.78 is 6.71. The van der Waals surface area contributed by atoms with Gasteiger partial charge in [-0.3, -0.25) is 0 Å². The van der Waals surface area contributed by atoms with Gasteiger partial charge in [0.2, 0.25) is 0 Å². The molecule has 23 heavy (non-hydrogen) atoms. The molecule has 3 heteroatoms. The number of fused-ring (bicyclic) bond motifs is 1. The summed E-state index contributed by atoms with van der Waals surface area (Å²) in [6.07, 6.45) is 0. The summed E-state index contributed by atoms with van der Waals surface area (Å²) in [4.78, 5) is 0. The lowest BCUT2D eigenvalue weighted by Gasteiger charge is -2.05. The number of ether oxygens (including phenoxy) is 1. The van der Waals surface area contributed by atoms with Crippen molar-refractivity contribution >= 4 is 26.7 Å². The molecule has 0 aliphatic rings. The van der Waals surface area contributed by atoms with Gasteiger partial charge in [0.05, 0.1) is 6.04 Å². The number of halogens is 1. The maximum absolute atomic E-state index is 6.05. The number of benzene rings is 3. The predicted molar refractivity (Wildman–Crippen MR) is 98.3 cm³/mol. The molecule has 1 unspecified atom stereocenters. The zero-order valence-corrected chi connectivity index (χ0v) is 14.1. The first-order chi connectivity index (χ1) is 11.2. The van der Waals surface area contributed by atoms with Crippen molar-refractivity contribution < 1.29 is 4.74 Å². The van der Waals surface area contributed by atoms with E-state index in [0.717, 1.165) is 21.2 Å². The minimum atomic E-state index is -0.302. The highest BCUT2D eigenvalue weighted by molar-refractivity contribution is 9.10. The number of hydrogen-bond acceptors (Lipinski definition) is 2. The normalized spacial score (nSPS) is 11.6. The quantitative estimate of drug-likeness (QED) is 0.683. The van der Waals surface area contributed by atoms with Gasteiger partial charge >= 0.3 is 0 Å². The molecule has 0 amide bonds. The Hall–Kier alpha value is -2.28. The molecule has 0 spiro atoms. The molecule has 0 heterocycles. The number of rotatable bonds is 3. The van der Waals surface area contributed by atoms with Crippen LogP contribution in [-0.4, -0.2) is 6.61 Å². The average Bonchev–Trinajstić information content (AvgIpc) is 2.59. The Labute approximate surface area is 144 Å². The second kappa shape index (κ2) is 7.32. The van der Waals surface area contributed by atoms with E-state index in [0.29, 0.717) is 6.61 Å². The fourth-order valence-corrected chi connectivity index (χ4v) is 2.55. The highest BCUT2D eigenvalue weighted by atomic mass is 79.9. The van der Waals surface area contributed by atoms with Crippen LogP contribution in [0, 0.1) is 11.8 Å². The first kappa shape index (κ1) is 15.6. The lowest BCUT2D eigenvalue weighted by Crippen LogP contribution is -2.07. The molecule has 114 valence electrons. The second-order valence-electron chi connectivity index (χ2n) is 5.15. The third kappa shape index (κ3) is 4.13. The van der Waals surface area contributed by atoms with E-state index in [1.165, 1.54) is 5.39 Å². The van der Waals surface area contributed by atoms with Crippen molar-refractivity contribution in [2.24, 2.45) is 5.73 Å². The van der Waals surface area contributed by atoms with E-state index < -0.39 is 0 Å². The highest BCUT2D eigenvalue weighted by Gasteiger charge is 2.01. The summed E-state index contributed by atoms with van der Waals surface area (Å²) >= 11 is 3.40. The van der Waals surface area contributed by atoms with Gasteiger partial charge in [0.1, 0.15) is 12.4 Å². The van der Waals surface area contributed by atoms with E-state index in [4.69, 9.17) is 10.5 Å². The third-order valence-electron chi connectivity index (χ3n) is 3.52. The van der Waals surface area contributed by atoms with Crippen molar-refractivity contribution in [1.29, 1.82) is 0 Å². The van der Waals surface area contributed by atoms with Crippen LogP contribution in [0.3, 0.4) is 0 Å². The molecule has 3 aromatic rings. The molecule has 0 radical (unpaired) electrons. The van der Waals surface area contributed by atoms with Crippen LogP contribution >= 0.6 is 15.9 Å². The van der Waals surface area contributed by atoms with Gasteiger partial charge in [-0.25, -0.2) is 0 Å². The molecule has 0 aromatic heterocycles. The Bertz CT molecular complexity index is 862. The van der Waals surface area contributed by atoms with Crippen molar-refractivity contribution in [2.45, 2.75) is 6.04 Å². The van der Waals surface area contributed by atoms with Gasteiger partial charge in [0, 0.05) is 4.47 Å². The number of hydrogen-bond donors (Lipinski definition) is 1. The van der Waals surface area contributed by atoms with E-state index in [-0.39, 0.29) is 6.04 Å². The van der Waals surface area contributed by atoms with E-state index in [1.807, 2.05) is 54.6 Å². The van der Waals surface area contributed by atoms with Gasteiger partial charge in [-0.2, -0.15) is 0 Å². The first-order valence-electron chi connectivity index (χ1n) is 7.33. The number of nitrogens with two attached hydrogens (primary N) is 1. The SMILES string of the molecule is NC(C#CCOc1ccc2ccccc2c1)c1ccc(Br)cc1. The summed E-state index contributed by atoms with van der Waals surface area (Å²) in [5.41, 5.74) is 7.05. The van der Waals surface area contributed by atoms with Crippen molar-refractivity contribution in [3.8, 4) is 17.6 Å². The highest BCUT2D eigenvalue weighted by Crippen LogP contribution is 2.20. The lowest BCUT2D eigenvalue weighted by molar-refractivity contribution is 0.370. The smallest absolute Gasteiger partial charge is 0.149 e.